The molecule has 3 N–H and O–H groups in total. The van der Waals surface area contributed by atoms with Crippen LogP contribution >= 0.6 is 0 Å². The number of amides is 1. The van der Waals surface area contributed by atoms with Gasteiger partial charge in [-0.3, -0.25) is 9.78 Å². The molecule has 1 amide bonds. The summed E-state index contributed by atoms with van der Waals surface area (Å²) < 4.78 is 0. The maximum atomic E-state index is 12.5. The first-order valence-corrected chi connectivity index (χ1v) is 9.14. The lowest BCUT2D eigenvalue weighted by Gasteiger charge is -2.10. The van der Waals surface area contributed by atoms with Crippen molar-refractivity contribution in [3.05, 3.63) is 42.4 Å². The van der Waals surface area contributed by atoms with Crippen LogP contribution in [0.15, 0.2) is 36.8 Å². The summed E-state index contributed by atoms with van der Waals surface area (Å²) >= 11 is 0. The fraction of sp³-hybridized carbons (Fsp3) is 0.286. The van der Waals surface area contributed by atoms with Crippen LogP contribution in [0, 0.1) is 36.0 Å². The SMILES string of the molecule is Cc1ccncc1-c1cc2cc(NC(=O)[C@@H]3[C@@H](C)[C@H]3CC#N)ncc2c(N)n1. The zero-order valence-corrected chi connectivity index (χ0v) is 15.7. The maximum Gasteiger partial charge on any atom is 0.229 e. The fourth-order valence-electron chi connectivity index (χ4n) is 3.72. The van der Waals surface area contributed by atoms with Crippen molar-refractivity contribution in [2.75, 3.05) is 11.1 Å². The van der Waals surface area contributed by atoms with Gasteiger partial charge in [0, 0.05) is 41.9 Å². The predicted molar refractivity (Wildman–Crippen MR) is 107 cm³/mol. The third-order valence-electron chi connectivity index (χ3n) is 5.50. The summed E-state index contributed by atoms with van der Waals surface area (Å²) in [5.41, 5.74) is 8.82. The van der Waals surface area contributed by atoms with E-state index in [0.717, 1.165) is 27.6 Å². The summed E-state index contributed by atoms with van der Waals surface area (Å²) in [6.07, 6.45) is 5.52. The van der Waals surface area contributed by atoms with E-state index < -0.39 is 0 Å². The van der Waals surface area contributed by atoms with E-state index in [1.165, 1.54) is 0 Å². The number of nitriles is 1. The number of aromatic nitrogens is 3. The fourth-order valence-corrected chi connectivity index (χ4v) is 3.72. The molecule has 0 unspecified atom stereocenters. The molecule has 1 aliphatic carbocycles. The normalized spacial score (nSPS) is 20.5. The predicted octanol–water partition coefficient (Wildman–Crippen LogP) is 3.32. The number of carbonyl (C=O) groups is 1. The molecule has 0 spiro atoms. The van der Waals surface area contributed by atoms with Gasteiger partial charge in [0.05, 0.1) is 11.8 Å². The second kappa shape index (κ2) is 6.89. The van der Waals surface area contributed by atoms with E-state index in [9.17, 15) is 4.79 Å². The van der Waals surface area contributed by atoms with E-state index in [2.05, 4.69) is 26.3 Å². The van der Waals surface area contributed by atoms with Gasteiger partial charge in [-0.1, -0.05) is 6.92 Å². The maximum absolute atomic E-state index is 12.5. The van der Waals surface area contributed by atoms with Gasteiger partial charge in [-0.05, 0) is 47.9 Å². The molecule has 140 valence electrons. The van der Waals surface area contributed by atoms with Gasteiger partial charge in [-0.15, -0.1) is 0 Å². The summed E-state index contributed by atoms with van der Waals surface area (Å²) in [5, 5.41) is 13.3. The average Bonchev–Trinajstić information content (AvgIpc) is 3.31. The molecule has 28 heavy (non-hydrogen) atoms. The Morgan fingerprint density at radius 3 is 2.93 bits per heavy atom. The third-order valence-corrected chi connectivity index (χ3v) is 5.50. The molecule has 0 saturated heterocycles. The molecule has 1 aliphatic rings. The van der Waals surface area contributed by atoms with Gasteiger partial charge < -0.3 is 11.1 Å². The zero-order chi connectivity index (χ0) is 19.8. The lowest BCUT2D eigenvalue weighted by atomic mass is 10.1. The van der Waals surface area contributed by atoms with Crippen LogP contribution in [0.4, 0.5) is 11.6 Å². The molecule has 3 atom stereocenters. The number of hydrogen-bond acceptors (Lipinski definition) is 6. The number of hydrogen-bond donors (Lipinski definition) is 2. The standard InChI is InChI=1S/C21H20N6O/c1-11-4-6-24-9-15(11)17-7-13-8-18(25-10-16(13)20(23)26-17)27-21(28)19-12(2)14(19)3-5-22/h4,6-10,12,14,19H,3H2,1-2H3,(H2,23,26)(H,25,27,28)/t12-,14+,19+/m0/s1. The summed E-state index contributed by atoms with van der Waals surface area (Å²) in [6, 6.07) is 7.78. The van der Waals surface area contributed by atoms with Crippen molar-refractivity contribution in [1.82, 2.24) is 15.0 Å². The van der Waals surface area contributed by atoms with Gasteiger partial charge in [0.25, 0.3) is 0 Å². The van der Waals surface area contributed by atoms with Crippen LogP contribution in [0.1, 0.15) is 18.9 Å². The number of nitrogens with one attached hydrogen (secondary N) is 1. The van der Waals surface area contributed by atoms with Gasteiger partial charge in [-0.2, -0.15) is 5.26 Å². The first-order chi connectivity index (χ1) is 13.5. The van der Waals surface area contributed by atoms with Crippen molar-refractivity contribution in [2.45, 2.75) is 20.3 Å². The Morgan fingerprint density at radius 1 is 1.36 bits per heavy atom. The number of nitrogens with zero attached hydrogens (tertiary/aromatic N) is 4. The molecule has 0 bridgehead atoms. The van der Waals surface area contributed by atoms with E-state index in [1.54, 1.807) is 24.7 Å². The van der Waals surface area contributed by atoms with E-state index in [4.69, 9.17) is 11.0 Å². The second-order valence-corrected chi connectivity index (χ2v) is 7.27. The van der Waals surface area contributed by atoms with Crippen LogP contribution in [0.2, 0.25) is 0 Å². The molecule has 4 rings (SSSR count). The topological polar surface area (TPSA) is 118 Å². The Labute approximate surface area is 162 Å². The molecule has 3 heterocycles. The first kappa shape index (κ1) is 17.9. The Morgan fingerprint density at radius 2 is 2.18 bits per heavy atom. The van der Waals surface area contributed by atoms with Gasteiger partial charge in [0.15, 0.2) is 0 Å². The Balaban J connectivity index is 1.64. The minimum atomic E-state index is -0.131. The van der Waals surface area contributed by atoms with Crippen LogP contribution in [0.3, 0.4) is 0 Å². The van der Waals surface area contributed by atoms with E-state index in [-0.39, 0.29) is 23.7 Å². The highest BCUT2D eigenvalue weighted by Gasteiger charge is 2.51. The highest BCUT2D eigenvalue weighted by atomic mass is 16.2. The monoisotopic (exact) mass is 372 g/mol. The largest absolute Gasteiger partial charge is 0.383 e. The lowest BCUT2D eigenvalue weighted by molar-refractivity contribution is -0.117. The molecular formula is C21H20N6O. The number of pyridine rings is 3. The zero-order valence-electron chi connectivity index (χ0n) is 15.7. The Hall–Kier alpha value is -3.53. The molecule has 7 heteroatoms. The molecular weight excluding hydrogens is 352 g/mol. The number of nitrogen functional groups attached to an aromatic ring is 1. The highest BCUT2D eigenvalue weighted by molar-refractivity contribution is 5.98. The molecule has 1 saturated carbocycles. The summed E-state index contributed by atoms with van der Waals surface area (Å²) in [6.45, 7) is 3.99. The van der Waals surface area contributed by atoms with Crippen molar-refractivity contribution >= 4 is 28.3 Å². The Bertz CT molecular complexity index is 1120. The van der Waals surface area contributed by atoms with Crippen molar-refractivity contribution in [3.8, 4) is 17.3 Å². The van der Waals surface area contributed by atoms with Gasteiger partial charge in [0.2, 0.25) is 5.91 Å². The summed E-state index contributed by atoms with van der Waals surface area (Å²) in [5.74, 6) is 0.974. The van der Waals surface area contributed by atoms with Gasteiger partial charge in [-0.25, -0.2) is 9.97 Å². The first-order valence-electron chi connectivity index (χ1n) is 9.14. The van der Waals surface area contributed by atoms with Crippen LogP contribution in [0.25, 0.3) is 22.0 Å². The summed E-state index contributed by atoms with van der Waals surface area (Å²) in [7, 11) is 0. The van der Waals surface area contributed by atoms with E-state index in [0.29, 0.717) is 18.1 Å². The number of carbonyl (C=O) groups excluding carboxylic acids is 1. The van der Waals surface area contributed by atoms with Crippen LogP contribution in [-0.2, 0) is 4.79 Å². The van der Waals surface area contributed by atoms with Crippen molar-refractivity contribution < 1.29 is 4.79 Å². The van der Waals surface area contributed by atoms with Gasteiger partial charge in [0.1, 0.15) is 11.6 Å². The molecule has 3 aromatic rings. The smallest absolute Gasteiger partial charge is 0.229 e. The number of nitrogens with two attached hydrogens (primary N) is 1. The molecule has 3 aromatic heterocycles. The van der Waals surface area contributed by atoms with Crippen LogP contribution < -0.4 is 11.1 Å². The molecule has 0 radical (unpaired) electrons. The quantitative estimate of drug-likeness (QED) is 0.725. The van der Waals surface area contributed by atoms with Crippen molar-refractivity contribution in [3.63, 3.8) is 0 Å². The number of fused-ring (bicyclic) bond motifs is 1. The molecule has 1 fully saturated rings. The molecule has 0 aromatic carbocycles. The van der Waals surface area contributed by atoms with Crippen molar-refractivity contribution in [2.24, 2.45) is 17.8 Å². The number of rotatable bonds is 4. The number of aryl methyl sites for hydroxylation is 1. The van der Waals surface area contributed by atoms with Crippen LogP contribution in [0.5, 0.6) is 0 Å². The minimum Gasteiger partial charge on any atom is -0.383 e. The Kier molecular flexibility index (Phi) is 4.40. The highest BCUT2D eigenvalue weighted by Crippen LogP contribution is 2.48. The summed E-state index contributed by atoms with van der Waals surface area (Å²) in [4.78, 5) is 25.5. The number of anilines is 2. The minimum absolute atomic E-state index is 0.0926. The second-order valence-electron chi connectivity index (χ2n) is 7.27. The lowest BCUT2D eigenvalue weighted by Crippen LogP contribution is -2.16. The van der Waals surface area contributed by atoms with Crippen LogP contribution in [-0.4, -0.2) is 20.9 Å². The average molecular weight is 372 g/mol. The van der Waals surface area contributed by atoms with Gasteiger partial charge >= 0.3 is 0 Å². The van der Waals surface area contributed by atoms with E-state index in [1.807, 2.05) is 26.0 Å². The molecule has 0 aliphatic heterocycles. The third kappa shape index (κ3) is 3.14. The van der Waals surface area contributed by atoms with E-state index >= 15 is 0 Å². The molecule has 7 nitrogen and oxygen atoms in total. The van der Waals surface area contributed by atoms with Crippen molar-refractivity contribution in [1.29, 1.82) is 5.26 Å².